The molecule has 108 valence electrons. The van der Waals surface area contributed by atoms with Crippen LogP contribution in [0.4, 0.5) is 0 Å². The van der Waals surface area contributed by atoms with Crippen molar-refractivity contribution >= 4 is 0 Å². The molecule has 0 aliphatic heterocycles. The SMILES string of the molecule is CCCCCOC(c1ccc(OC)cc1)C(N)CC. The Labute approximate surface area is 117 Å². The van der Waals surface area contributed by atoms with E-state index in [1.807, 2.05) is 24.3 Å². The van der Waals surface area contributed by atoms with Crippen molar-refractivity contribution in [3.05, 3.63) is 29.8 Å². The van der Waals surface area contributed by atoms with Gasteiger partial charge in [-0.3, -0.25) is 0 Å². The van der Waals surface area contributed by atoms with Gasteiger partial charge in [0.15, 0.2) is 0 Å². The van der Waals surface area contributed by atoms with Crippen LogP contribution in [-0.4, -0.2) is 19.8 Å². The lowest BCUT2D eigenvalue weighted by atomic mass is 10.0. The summed E-state index contributed by atoms with van der Waals surface area (Å²) in [6, 6.07) is 8.03. The number of rotatable bonds is 9. The van der Waals surface area contributed by atoms with Gasteiger partial charge in [-0.15, -0.1) is 0 Å². The van der Waals surface area contributed by atoms with Gasteiger partial charge in [-0.25, -0.2) is 0 Å². The minimum atomic E-state index is -0.0206. The molecular formula is C16H27NO2. The molecule has 1 aromatic carbocycles. The minimum absolute atomic E-state index is 0.0206. The first-order valence-electron chi connectivity index (χ1n) is 7.24. The normalized spacial score (nSPS) is 14.1. The molecule has 2 atom stereocenters. The first-order chi connectivity index (χ1) is 9.22. The minimum Gasteiger partial charge on any atom is -0.497 e. The highest BCUT2D eigenvalue weighted by atomic mass is 16.5. The van der Waals surface area contributed by atoms with E-state index in [1.165, 1.54) is 12.8 Å². The fourth-order valence-electron chi connectivity index (χ4n) is 2.04. The summed E-state index contributed by atoms with van der Waals surface area (Å²) in [6.45, 7) is 5.06. The van der Waals surface area contributed by atoms with E-state index in [4.69, 9.17) is 15.2 Å². The fourth-order valence-corrected chi connectivity index (χ4v) is 2.04. The van der Waals surface area contributed by atoms with Crippen LogP contribution in [0.25, 0.3) is 0 Å². The number of hydrogen-bond donors (Lipinski definition) is 1. The van der Waals surface area contributed by atoms with Crippen molar-refractivity contribution in [1.82, 2.24) is 0 Å². The molecule has 2 N–H and O–H groups in total. The average Bonchev–Trinajstić information content (AvgIpc) is 2.47. The lowest BCUT2D eigenvalue weighted by Gasteiger charge is -2.24. The van der Waals surface area contributed by atoms with E-state index in [0.717, 1.165) is 30.8 Å². The zero-order chi connectivity index (χ0) is 14.1. The van der Waals surface area contributed by atoms with Crippen molar-refractivity contribution < 1.29 is 9.47 Å². The van der Waals surface area contributed by atoms with E-state index in [9.17, 15) is 0 Å². The molecule has 0 saturated carbocycles. The molecule has 0 fully saturated rings. The Morgan fingerprint density at radius 2 is 1.79 bits per heavy atom. The Morgan fingerprint density at radius 3 is 2.32 bits per heavy atom. The third kappa shape index (κ3) is 5.21. The van der Waals surface area contributed by atoms with E-state index in [2.05, 4.69) is 13.8 Å². The Balaban J connectivity index is 2.66. The van der Waals surface area contributed by atoms with Crippen LogP contribution >= 0.6 is 0 Å². The van der Waals surface area contributed by atoms with Gasteiger partial charge in [0.05, 0.1) is 13.2 Å². The first kappa shape index (κ1) is 16.0. The van der Waals surface area contributed by atoms with Gasteiger partial charge in [0.2, 0.25) is 0 Å². The van der Waals surface area contributed by atoms with Crippen LogP contribution in [0.1, 0.15) is 51.2 Å². The van der Waals surface area contributed by atoms with Gasteiger partial charge < -0.3 is 15.2 Å². The highest BCUT2D eigenvalue weighted by molar-refractivity contribution is 5.29. The van der Waals surface area contributed by atoms with Crippen LogP contribution < -0.4 is 10.5 Å². The van der Waals surface area contributed by atoms with Crippen LogP contribution in [0.3, 0.4) is 0 Å². The second-order valence-electron chi connectivity index (χ2n) is 4.84. The molecule has 19 heavy (non-hydrogen) atoms. The highest BCUT2D eigenvalue weighted by Crippen LogP contribution is 2.24. The van der Waals surface area contributed by atoms with Gasteiger partial charge in [0, 0.05) is 12.6 Å². The van der Waals surface area contributed by atoms with Gasteiger partial charge in [-0.2, -0.15) is 0 Å². The Bertz CT molecular complexity index is 337. The molecule has 0 saturated heterocycles. The zero-order valence-electron chi connectivity index (χ0n) is 12.4. The van der Waals surface area contributed by atoms with Gasteiger partial charge in [0.1, 0.15) is 5.75 Å². The predicted octanol–water partition coefficient (Wildman–Crippen LogP) is 3.68. The molecule has 2 unspecified atom stereocenters. The number of hydrogen-bond acceptors (Lipinski definition) is 3. The van der Waals surface area contributed by atoms with E-state index < -0.39 is 0 Å². The third-order valence-corrected chi connectivity index (χ3v) is 3.35. The van der Waals surface area contributed by atoms with Crippen molar-refractivity contribution in [3.8, 4) is 5.75 Å². The summed E-state index contributed by atoms with van der Waals surface area (Å²) in [5.41, 5.74) is 7.31. The van der Waals surface area contributed by atoms with Gasteiger partial charge in [-0.1, -0.05) is 38.8 Å². The maximum absolute atomic E-state index is 6.18. The summed E-state index contributed by atoms with van der Waals surface area (Å²) < 4.78 is 11.2. The topological polar surface area (TPSA) is 44.5 Å². The summed E-state index contributed by atoms with van der Waals surface area (Å²) in [5, 5.41) is 0. The van der Waals surface area contributed by atoms with Crippen LogP contribution in [0.5, 0.6) is 5.75 Å². The second-order valence-corrected chi connectivity index (χ2v) is 4.84. The summed E-state index contributed by atoms with van der Waals surface area (Å²) in [5.74, 6) is 0.860. The molecule has 0 aromatic heterocycles. The van der Waals surface area contributed by atoms with Crippen molar-refractivity contribution in [2.45, 2.75) is 51.7 Å². The molecule has 0 aliphatic carbocycles. The smallest absolute Gasteiger partial charge is 0.118 e. The van der Waals surface area contributed by atoms with Gasteiger partial charge in [-0.05, 0) is 30.5 Å². The standard InChI is InChI=1S/C16H27NO2/c1-4-6-7-12-19-16(15(17)5-2)13-8-10-14(18-3)11-9-13/h8-11,15-16H,4-7,12,17H2,1-3H3. The highest BCUT2D eigenvalue weighted by Gasteiger charge is 2.19. The van der Waals surface area contributed by atoms with Crippen LogP contribution in [-0.2, 0) is 4.74 Å². The Hall–Kier alpha value is -1.06. The molecule has 0 amide bonds. The quantitative estimate of drug-likeness (QED) is 0.693. The zero-order valence-corrected chi connectivity index (χ0v) is 12.4. The number of unbranched alkanes of at least 4 members (excludes halogenated alkanes) is 2. The van der Waals surface area contributed by atoms with E-state index in [0.29, 0.717) is 0 Å². The predicted molar refractivity (Wildman–Crippen MR) is 79.5 cm³/mol. The summed E-state index contributed by atoms with van der Waals surface area (Å²) in [4.78, 5) is 0. The molecule has 1 aromatic rings. The largest absolute Gasteiger partial charge is 0.497 e. The Morgan fingerprint density at radius 1 is 1.11 bits per heavy atom. The number of nitrogens with two attached hydrogens (primary N) is 1. The van der Waals surface area contributed by atoms with E-state index in [1.54, 1.807) is 7.11 Å². The fraction of sp³-hybridized carbons (Fsp3) is 0.625. The maximum Gasteiger partial charge on any atom is 0.118 e. The number of methoxy groups -OCH3 is 1. The van der Waals surface area contributed by atoms with Crippen LogP contribution in [0.15, 0.2) is 24.3 Å². The maximum atomic E-state index is 6.18. The molecule has 0 radical (unpaired) electrons. The van der Waals surface area contributed by atoms with Crippen LogP contribution in [0.2, 0.25) is 0 Å². The van der Waals surface area contributed by atoms with E-state index >= 15 is 0 Å². The second kappa shape index (κ2) is 8.94. The lowest BCUT2D eigenvalue weighted by molar-refractivity contribution is 0.0312. The molecule has 0 spiro atoms. The third-order valence-electron chi connectivity index (χ3n) is 3.35. The molecule has 0 aliphatic rings. The van der Waals surface area contributed by atoms with Gasteiger partial charge in [0.25, 0.3) is 0 Å². The summed E-state index contributed by atoms with van der Waals surface area (Å²) in [6.07, 6.45) is 4.39. The molecular weight excluding hydrogens is 238 g/mol. The van der Waals surface area contributed by atoms with Crippen molar-refractivity contribution in [2.75, 3.05) is 13.7 Å². The molecule has 3 heteroatoms. The van der Waals surface area contributed by atoms with Gasteiger partial charge >= 0.3 is 0 Å². The monoisotopic (exact) mass is 265 g/mol. The Kier molecular flexibility index (Phi) is 7.53. The van der Waals surface area contributed by atoms with E-state index in [-0.39, 0.29) is 12.1 Å². The average molecular weight is 265 g/mol. The number of benzene rings is 1. The molecule has 0 heterocycles. The lowest BCUT2D eigenvalue weighted by Crippen LogP contribution is -2.29. The van der Waals surface area contributed by atoms with Crippen molar-refractivity contribution in [2.24, 2.45) is 5.73 Å². The van der Waals surface area contributed by atoms with Crippen molar-refractivity contribution in [1.29, 1.82) is 0 Å². The molecule has 3 nitrogen and oxygen atoms in total. The van der Waals surface area contributed by atoms with Crippen molar-refractivity contribution in [3.63, 3.8) is 0 Å². The summed E-state index contributed by atoms with van der Waals surface area (Å²) in [7, 11) is 1.67. The molecule has 0 bridgehead atoms. The number of ether oxygens (including phenoxy) is 2. The first-order valence-corrected chi connectivity index (χ1v) is 7.24. The van der Waals surface area contributed by atoms with Crippen LogP contribution in [0, 0.1) is 0 Å². The summed E-state index contributed by atoms with van der Waals surface area (Å²) >= 11 is 0. The molecule has 1 rings (SSSR count).